The third-order valence-corrected chi connectivity index (χ3v) is 3.16. The molecule has 1 aliphatic carbocycles. The van der Waals surface area contributed by atoms with Crippen molar-refractivity contribution in [1.82, 2.24) is 10.2 Å². The zero-order chi connectivity index (χ0) is 13.1. The van der Waals surface area contributed by atoms with Crippen molar-refractivity contribution < 1.29 is 15.0 Å². The van der Waals surface area contributed by atoms with Gasteiger partial charge in [-0.1, -0.05) is 0 Å². The number of amides is 1. The Morgan fingerprint density at radius 2 is 2.11 bits per heavy atom. The normalized spacial score (nSPS) is 14.8. The zero-order valence-electron chi connectivity index (χ0n) is 10.4. The highest BCUT2D eigenvalue weighted by molar-refractivity contribution is 5.94. The number of carbonyl (C=O) groups excluding carboxylic acids is 1. The molecule has 0 radical (unpaired) electrons. The van der Waals surface area contributed by atoms with Crippen LogP contribution in [0.15, 0.2) is 18.2 Å². The van der Waals surface area contributed by atoms with Crippen LogP contribution >= 0.6 is 0 Å². The number of likely N-dealkylation sites (N-methyl/N-ethyl adjacent to an activating group) is 1. The zero-order valence-corrected chi connectivity index (χ0v) is 10.4. The largest absolute Gasteiger partial charge is 0.504 e. The summed E-state index contributed by atoms with van der Waals surface area (Å²) in [4.78, 5) is 14.0. The van der Waals surface area contributed by atoms with E-state index in [1.165, 1.54) is 31.0 Å². The van der Waals surface area contributed by atoms with Gasteiger partial charge in [-0.25, -0.2) is 0 Å². The predicted molar refractivity (Wildman–Crippen MR) is 67.8 cm³/mol. The van der Waals surface area contributed by atoms with Crippen molar-refractivity contribution in [3.63, 3.8) is 0 Å². The Labute approximate surface area is 106 Å². The number of benzene rings is 1. The Morgan fingerprint density at radius 1 is 1.39 bits per heavy atom. The van der Waals surface area contributed by atoms with Crippen molar-refractivity contribution in [2.75, 3.05) is 20.1 Å². The van der Waals surface area contributed by atoms with Gasteiger partial charge in [0, 0.05) is 24.7 Å². The first-order chi connectivity index (χ1) is 8.58. The van der Waals surface area contributed by atoms with Gasteiger partial charge in [-0.15, -0.1) is 0 Å². The molecule has 0 heterocycles. The summed E-state index contributed by atoms with van der Waals surface area (Å²) in [7, 11) is 2.05. The quantitative estimate of drug-likeness (QED) is 0.679. The second-order valence-electron chi connectivity index (χ2n) is 4.67. The van der Waals surface area contributed by atoms with Crippen molar-refractivity contribution in [1.29, 1.82) is 0 Å². The third kappa shape index (κ3) is 3.13. The van der Waals surface area contributed by atoms with Crippen LogP contribution in [0.3, 0.4) is 0 Å². The molecule has 1 aromatic rings. The molecule has 1 aromatic carbocycles. The highest BCUT2D eigenvalue weighted by Crippen LogP contribution is 2.25. The van der Waals surface area contributed by atoms with E-state index in [9.17, 15) is 9.90 Å². The lowest BCUT2D eigenvalue weighted by Crippen LogP contribution is -2.33. The van der Waals surface area contributed by atoms with E-state index in [1.54, 1.807) is 0 Å². The van der Waals surface area contributed by atoms with Crippen molar-refractivity contribution >= 4 is 5.91 Å². The van der Waals surface area contributed by atoms with E-state index < -0.39 is 0 Å². The molecule has 0 aromatic heterocycles. The summed E-state index contributed by atoms with van der Waals surface area (Å²) in [6.07, 6.45) is 2.49. The topological polar surface area (TPSA) is 72.8 Å². The fraction of sp³-hybridized carbons (Fsp3) is 0.462. The van der Waals surface area contributed by atoms with Gasteiger partial charge < -0.3 is 20.4 Å². The van der Waals surface area contributed by atoms with E-state index in [0.717, 1.165) is 6.54 Å². The minimum Gasteiger partial charge on any atom is -0.504 e. The van der Waals surface area contributed by atoms with Gasteiger partial charge in [-0.2, -0.15) is 0 Å². The molecule has 1 aliphatic rings. The van der Waals surface area contributed by atoms with Gasteiger partial charge in [0.05, 0.1) is 0 Å². The van der Waals surface area contributed by atoms with Gasteiger partial charge in [0.1, 0.15) is 0 Å². The molecular weight excluding hydrogens is 232 g/mol. The molecule has 3 N–H and O–H groups in total. The number of hydrogen-bond acceptors (Lipinski definition) is 4. The lowest BCUT2D eigenvalue weighted by atomic mass is 10.2. The number of phenols is 2. The van der Waals surface area contributed by atoms with Crippen LogP contribution in [-0.2, 0) is 0 Å². The van der Waals surface area contributed by atoms with Crippen LogP contribution in [-0.4, -0.2) is 47.2 Å². The third-order valence-electron chi connectivity index (χ3n) is 3.16. The lowest BCUT2D eigenvalue weighted by molar-refractivity contribution is 0.0949. The van der Waals surface area contributed by atoms with E-state index in [2.05, 4.69) is 17.3 Å². The van der Waals surface area contributed by atoms with Crippen molar-refractivity contribution in [3.05, 3.63) is 23.8 Å². The highest BCUT2D eigenvalue weighted by Gasteiger charge is 2.25. The Bertz CT molecular complexity index is 444. The molecule has 0 aliphatic heterocycles. The fourth-order valence-electron chi connectivity index (χ4n) is 1.81. The Balaban J connectivity index is 1.81. The first-order valence-electron chi connectivity index (χ1n) is 6.08. The van der Waals surface area contributed by atoms with E-state index in [1.807, 2.05) is 0 Å². The maximum atomic E-state index is 11.8. The van der Waals surface area contributed by atoms with Gasteiger partial charge in [-0.3, -0.25) is 4.79 Å². The number of aromatic hydroxyl groups is 2. The Morgan fingerprint density at radius 3 is 2.72 bits per heavy atom. The molecular formula is C13H18N2O3. The van der Waals surface area contributed by atoms with Gasteiger partial charge >= 0.3 is 0 Å². The SMILES string of the molecule is CN(CCNC(=O)c1ccc(O)c(O)c1)C1CC1. The standard InChI is InChI=1S/C13H18N2O3/c1-15(10-3-4-10)7-6-14-13(18)9-2-5-11(16)12(17)8-9/h2,5,8,10,16-17H,3-4,6-7H2,1H3,(H,14,18). The van der Waals surface area contributed by atoms with E-state index in [4.69, 9.17) is 5.11 Å². The Kier molecular flexibility index (Phi) is 3.72. The van der Waals surface area contributed by atoms with Gasteiger partial charge in [0.15, 0.2) is 11.5 Å². The molecule has 1 fully saturated rings. The number of hydrogen-bond donors (Lipinski definition) is 3. The van der Waals surface area contributed by atoms with Gasteiger partial charge in [0.25, 0.3) is 5.91 Å². The molecule has 0 saturated heterocycles. The molecule has 0 bridgehead atoms. The first kappa shape index (κ1) is 12.7. The lowest BCUT2D eigenvalue weighted by Gasteiger charge is -2.15. The molecule has 2 rings (SSSR count). The molecule has 98 valence electrons. The summed E-state index contributed by atoms with van der Waals surface area (Å²) in [5.41, 5.74) is 0.347. The maximum Gasteiger partial charge on any atom is 0.251 e. The number of rotatable bonds is 5. The summed E-state index contributed by atoms with van der Waals surface area (Å²) in [6.45, 7) is 1.40. The fourth-order valence-corrected chi connectivity index (χ4v) is 1.81. The summed E-state index contributed by atoms with van der Waals surface area (Å²) >= 11 is 0. The molecule has 1 saturated carbocycles. The number of nitrogens with zero attached hydrogens (tertiary/aromatic N) is 1. The van der Waals surface area contributed by atoms with Gasteiger partial charge in [0.2, 0.25) is 0 Å². The molecule has 0 spiro atoms. The van der Waals surface area contributed by atoms with Gasteiger partial charge in [-0.05, 0) is 38.1 Å². The Hall–Kier alpha value is -1.75. The predicted octanol–water partition coefficient (Wildman–Crippen LogP) is 0.922. The molecule has 0 unspecified atom stereocenters. The average Bonchev–Trinajstić information content (AvgIpc) is 3.16. The van der Waals surface area contributed by atoms with E-state index in [-0.39, 0.29) is 17.4 Å². The van der Waals surface area contributed by atoms with Crippen LogP contribution in [0.1, 0.15) is 23.2 Å². The number of phenolic OH excluding ortho intramolecular Hbond substituents is 2. The average molecular weight is 250 g/mol. The summed E-state index contributed by atoms with van der Waals surface area (Å²) < 4.78 is 0. The monoisotopic (exact) mass is 250 g/mol. The van der Waals surface area contributed by atoms with Crippen LogP contribution in [0.25, 0.3) is 0 Å². The maximum absolute atomic E-state index is 11.8. The van der Waals surface area contributed by atoms with Crippen LogP contribution < -0.4 is 5.32 Å². The van der Waals surface area contributed by atoms with Crippen molar-refractivity contribution in [2.45, 2.75) is 18.9 Å². The van der Waals surface area contributed by atoms with Crippen LogP contribution in [0.5, 0.6) is 11.5 Å². The van der Waals surface area contributed by atoms with Crippen LogP contribution in [0.2, 0.25) is 0 Å². The summed E-state index contributed by atoms with van der Waals surface area (Å²) in [5.74, 6) is -0.743. The summed E-state index contributed by atoms with van der Waals surface area (Å²) in [5, 5.41) is 21.2. The molecule has 0 atom stereocenters. The number of nitrogens with one attached hydrogen (secondary N) is 1. The highest BCUT2D eigenvalue weighted by atomic mass is 16.3. The molecule has 1 amide bonds. The smallest absolute Gasteiger partial charge is 0.251 e. The van der Waals surface area contributed by atoms with Crippen LogP contribution in [0.4, 0.5) is 0 Å². The minimum absolute atomic E-state index is 0.222. The molecule has 18 heavy (non-hydrogen) atoms. The van der Waals surface area contributed by atoms with Crippen molar-refractivity contribution in [2.24, 2.45) is 0 Å². The molecule has 5 nitrogen and oxygen atoms in total. The van der Waals surface area contributed by atoms with Crippen LogP contribution in [0, 0.1) is 0 Å². The minimum atomic E-state index is -0.280. The van der Waals surface area contributed by atoms with Crippen molar-refractivity contribution in [3.8, 4) is 11.5 Å². The number of carbonyl (C=O) groups is 1. The molecule has 5 heteroatoms. The van der Waals surface area contributed by atoms with E-state index in [0.29, 0.717) is 18.2 Å². The summed E-state index contributed by atoms with van der Waals surface area (Å²) in [6, 6.07) is 4.73. The van der Waals surface area contributed by atoms with E-state index >= 15 is 0 Å². The second-order valence-corrected chi connectivity index (χ2v) is 4.67. The second kappa shape index (κ2) is 5.27. The first-order valence-corrected chi connectivity index (χ1v) is 6.08.